The highest BCUT2D eigenvalue weighted by atomic mass is 14.4. The quantitative estimate of drug-likeness (QED) is 0.177. The fourth-order valence-electron chi connectivity index (χ4n) is 7.85. The zero-order valence-corrected chi connectivity index (χ0v) is 33.5. The van der Waals surface area contributed by atoms with Gasteiger partial charge in [0.2, 0.25) is 0 Å². The van der Waals surface area contributed by atoms with Crippen molar-refractivity contribution in [3.05, 3.63) is 182 Å². The first-order valence-corrected chi connectivity index (χ1v) is 19.1. The Balaban J connectivity index is 1.74. The molecule has 0 saturated heterocycles. The van der Waals surface area contributed by atoms with Gasteiger partial charge >= 0.3 is 0 Å². The van der Waals surface area contributed by atoms with Crippen LogP contribution in [-0.2, 0) is 21.7 Å². The van der Waals surface area contributed by atoms with Crippen LogP contribution < -0.4 is 10.4 Å². The van der Waals surface area contributed by atoms with Gasteiger partial charge in [-0.3, -0.25) is 0 Å². The highest BCUT2D eigenvalue weighted by molar-refractivity contribution is 6.38. The third-order valence-electron chi connectivity index (χ3n) is 11.0. The molecule has 5 aromatic rings. The van der Waals surface area contributed by atoms with Gasteiger partial charge < -0.3 is 0 Å². The number of benzene rings is 5. The highest BCUT2D eigenvalue weighted by Crippen LogP contribution is 2.56. The van der Waals surface area contributed by atoms with E-state index < -0.39 is 0 Å². The van der Waals surface area contributed by atoms with Crippen molar-refractivity contribution in [3.63, 3.8) is 0 Å². The van der Waals surface area contributed by atoms with E-state index in [0.29, 0.717) is 0 Å². The van der Waals surface area contributed by atoms with Crippen LogP contribution in [0.15, 0.2) is 127 Å². The maximum atomic E-state index is 2.50. The molecule has 264 valence electrons. The average Bonchev–Trinajstić information content (AvgIpc) is 3.60. The Morgan fingerprint density at radius 3 is 0.904 bits per heavy atom. The second-order valence-electron chi connectivity index (χ2n) is 19.1. The van der Waals surface area contributed by atoms with Crippen molar-refractivity contribution in [2.75, 3.05) is 0 Å². The van der Waals surface area contributed by atoms with Gasteiger partial charge in [0.15, 0.2) is 0 Å². The molecule has 0 unspecified atom stereocenters. The monoisotopic (exact) mass is 680 g/mol. The molecule has 5 aromatic carbocycles. The van der Waals surface area contributed by atoms with E-state index in [1.807, 2.05) is 0 Å². The second kappa shape index (κ2) is 12.5. The van der Waals surface area contributed by atoms with E-state index in [9.17, 15) is 0 Å². The van der Waals surface area contributed by atoms with Crippen molar-refractivity contribution in [2.24, 2.45) is 0 Å². The molecule has 0 bridgehead atoms. The molecule has 0 amide bonds. The summed E-state index contributed by atoms with van der Waals surface area (Å²) in [5.74, 6) is 0. The summed E-state index contributed by atoms with van der Waals surface area (Å²) in [6.07, 6.45) is 0. The summed E-state index contributed by atoms with van der Waals surface area (Å²) in [4.78, 5) is 0. The first-order valence-electron chi connectivity index (χ1n) is 19.1. The van der Waals surface area contributed by atoms with Crippen LogP contribution in [0.3, 0.4) is 0 Å². The number of allylic oxidation sites excluding steroid dienone is 4. The summed E-state index contributed by atoms with van der Waals surface area (Å²) in [5.41, 5.74) is 18.6. The fraction of sp³-hybridized carbons (Fsp3) is 0.308. The molecule has 52 heavy (non-hydrogen) atoms. The summed E-state index contributed by atoms with van der Waals surface area (Å²) in [6, 6.07) is 46.3. The summed E-state index contributed by atoms with van der Waals surface area (Å²) >= 11 is 0. The smallest absolute Gasteiger partial charge is 0.000138 e. The molecule has 7 rings (SSSR count). The minimum atomic E-state index is -0.0148. The third-order valence-corrected chi connectivity index (χ3v) is 11.0. The molecule has 2 aliphatic carbocycles. The zero-order chi connectivity index (χ0) is 37.4. The molecular weight excluding hydrogens is 625 g/mol. The van der Waals surface area contributed by atoms with E-state index >= 15 is 0 Å². The minimum absolute atomic E-state index is 0.0105. The lowest BCUT2D eigenvalue weighted by molar-refractivity contribution is 0.567. The summed E-state index contributed by atoms with van der Waals surface area (Å²) in [6.45, 7) is 28.2. The Hall–Kier alpha value is -4.68. The van der Waals surface area contributed by atoms with Crippen LogP contribution >= 0.6 is 0 Å². The molecule has 0 saturated carbocycles. The lowest BCUT2D eigenvalue weighted by atomic mass is 9.77. The molecule has 0 heterocycles. The van der Waals surface area contributed by atoms with Gasteiger partial charge in [-0.2, -0.15) is 0 Å². The molecule has 2 aliphatic rings. The first-order chi connectivity index (χ1) is 24.3. The lowest BCUT2D eigenvalue weighted by Crippen LogP contribution is -2.24. The normalized spacial score (nSPS) is 15.1. The summed E-state index contributed by atoms with van der Waals surface area (Å²) in [5, 5.41) is 2.63. The van der Waals surface area contributed by atoms with Crippen molar-refractivity contribution in [3.8, 4) is 0 Å². The van der Waals surface area contributed by atoms with Crippen LogP contribution in [0.1, 0.15) is 128 Å². The molecule has 0 nitrogen and oxygen atoms in total. The molecule has 0 spiro atoms. The van der Waals surface area contributed by atoms with Gasteiger partial charge in [0.25, 0.3) is 0 Å². The van der Waals surface area contributed by atoms with E-state index in [-0.39, 0.29) is 21.7 Å². The van der Waals surface area contributed by atoms with Gasteiger partial charge in [-0.05, 0) is 110 Å². The zero-order valence-electron chi connectivity index (χ0n) is 33.5. The number of hydrogen-bond acceptors (Lipinski definition) is 0. The van der Waals surface area contributed by atoms with Crippen LogP contribution in [-0.4, -0.2) is 0 Å². The molecule has 0 aliphatic heterocycles. The van der Waals surface area contributed by atoms with Crippen molar-refractivity contribution in [1.82, 2.24) is 0 Å². The predicted octanol–water partition coefficient (Wildman–Crippen LogP) is 12.3. The average molecular weight is 681 g/mol. The predicted molar refractivity (Wildman–Crippen MR) is 226 cm³/mol. The second-order valence-corrected chi connectivity index (χ2v) is 19.1. The summed E-state index contributed by atoms with van der Waals surface area (Å²) in [7, 11) is 0. The Bertz CT molecular complexity index is 2320. The fourth-order valence-corrected chi connectivity index (χ4v) is 7.85. The molecule has 0 radical (unpaired) electrons. The highest BCUT2D eigenvalue weighted by Gasteiger charge is 2.38. The summed E-state index contributed by atoms with van der Waals surface area (Å²) < 4.78 is 0. The van der Waals surface area contributed by atoms with E-state index in [4.69, 9.17) is 0 Å². The van der Waals surface area contributed by atoms with Crippen LogP contribution in [0.2, 0.25) is 0 Å². The van der Waals surface area contributed by atoms with Crippen LogP contribution in [0.5, 0.6) is 0 Å². The Labute approximate surface area is 313 Å². The maximum Gasteiger partial charge on any atom is -0.000138 e. The molecule has 0 N–H and O–H groups in total. The van der Waals surface area contributed by atoms with Crippen molar-refractivity contribution >= 4 is 27.9 Å². The molecule has 0 heteroatoms. The van der Waals surface area contributed by atoms with Gasteiger partial charge in [-0.15, -0.1) is 0 Å². The number of rotatable bonds is 4. The molecule has 0 atom stereocenters. The SMILES string of the molecule is CC(C)(C)c1cc(C2=C3C(=c4ccccc4=C3c3ccccc3)C(c3cc(C(C)(C)C)cc(C(C)(C)C)c3)=C2c2ccccc2)cc(C(C)(C)C)c1. The standard InChI is InChI=1S/C52H56/c1-49(2,3)37-27-35(28-38(31-37)50(4,5)6)45-44(34-23-17-14-18-24-34)46(36-29-39(51(7,8)9)32-40(30-36)52(10,11)12)48-43(33-21-15-13-16-22-33)41-25-19-20-26-42(41)47(45)48/h13-32H,1-12H3. The van der Waals surface area contributed by atoms with Crippen LogP contribution in [0.4, 0.5) is 0 Å². The van der Waals surface area contributed by atoms with Gasteiger partial charge in [-0.1, -0.05) is 204 Å². The molecule has 0 aromatic heterocycles. The van der Waals surface area contributed by atoms with Crippen LogP contribution in [0.25, 0.3) is 27.9 Å². The lowest BCUT2D eigenvalue weighted by Gasteiger charge is -2.28. The number of fused-ring (bicyclic) bond motifs is 2. The topological polar surface area (TPSA) is 0 Å². The number of hydrogen-bond donors (Lipinski definition) is 0. The largest absolute Gasteiger partial charge is 0.0622 e. The van der Waals surface area contributed by atoms with Gasteiger partial charge in [0.1, 0.15) is 0 Å². The molecular formula is C52H56. The van der Waals surface area contributed by atoms with Crippen molar-refractivity contribution < 1.29 is 0 Å². The van der Waals surface area contributed by atoms with Gasteiger partial charge in [0.05, 0.1) is 0 Å². The van der Waals surface area contributed by atoms with Crippen LogP contribution in [0, 0.1) is 0 Å². The minimum Gasteiger partial charge on any atom is -0.0622 e. The molecule has 0 fully saturated rings. The van der Waals surface area contributed by atoms with E-state index in [1.54, 1.807) is 0 Å². The Kier molecular flexibility index (Phi) is 8.57. The van der Waals surface area contributed by atoms with E-state index in [1.165, 1.54) is 88.4 Å². The van der Waals surface area contributed by atoms with E-state index in [0.717, 1.165) is 0 Å². The maximum absolute atomic E-state index is 2.50. The van der Waals surface area contributed by atoms with Crippen molar-refractivity contribution in [2.45, 2.75) is 105 Å². The Morgan fingerprint density at radius 1 is 0.250 bits per heavy atom. The van der Waals surface area contributed by atoms with Gasteiger partial charge in [0, 0.05) is 0 Å². The van der Waals surface area contributed by atoms with Gasteiger partial charge in [-0.25, -0.2) is 0 Å². The Morgan fingerprint density at radius 2 is 0.538 bits per heavy atom. The van der Waals surface area contributed by atoms with E-state index in [2.05, 4.69) is 204 Å². The first kappa shape index (κ1) is 35.7. The van der Waals surface area contributed by atoms with Crippen molar-refractivity contribution in [1.29, 1.82) is 0 Å². The third kappa shape index (κ3) is 6.36.